The SMILES string of the molecule is Cc1ccc2cnc(Nc3ccc(N4CCOCC4)cc3)nc2c1Br. The van der Waals surface area contributed by atoms with Gasteiger partial charge in [0.2, 0.25) is 5.95 Å². The van der Waals surface area contributed by atoms with E-state index in [1.165, 1.54) is 5.69 Å². The summed E-state index contributed by atoms with van der Waals surface area (Å²) >= 11 is 3.62. The zero-order chi connectivity index (χ0) is 17.2. The predicted molar refractivity (Wildman–Crippen MR) is 105 cm³/mol. The Morgan fingerprint density at radius 1 is 1.08 bits per heavy atom. The summed E-state index contributed by atoms with van der Waals surface area (Å²) in [5.74, 6) is 0.595. The maximum atomic E-state index is 5.40. The lowest BCUT2D eigenvalue weighted by molar-refractivity contribution is 0.122. The average Bonchev–Trinajstić information content (AvgIpc) is 2.66. The number of hydrogen-bond donors (Lipinski definition) is 1. The average molecular weight is 399 g/mol. The van der Waals surface area contributed by atoms with E-state index in [1.54, 1.807) is 0 Å². The second-order valence-corrected chi connectivity index (χ2v) is 6.89. The number of nitrogens with one attached hydrogen (secondary N) is 1. The summed E-state index contributed by atoms with van der Waals surface area (Å²) < 4.78 is 6.41. The van der Waals surface area contributed by atoms with E-state index in [9.17, 15) is 0 Å². The molecule has 1 fully saturated rings. The summed E-state index contributed by atoms with van der Waals surface area (Å²) in [6, 6.07) is 12.5. The van der Waals surface area contributed by atoms with Crippen molar-refractivity contribution in [1.29, 1.82) is 0 Å². The summed E-state index contributed by atoms with van der Waals surface area (Å²) in [5, 5.41) is 4.31. The largest absolute Gasteiger partial charge is 0.378 e. The van der Waals surface area contributed by atoms with Gasteiger partial charge < -0.3 is 15.0 Å². The Morgan fingerprint density at radius 3 is 2.60 bits per heavy atom. The minimum absolute atomic E-state index is 0.595. The summed E-state index contributed by atoms with van der Waals surface area (Å²) in [7, 11) is 0. The molecule has 1 aromatic heterocycles. The monoisotopic (exact) mass is 398 g/mol. The summed E-state index contributed by atoms with van der Waals surface area (Å²) in [6.07, 6.45) is 1.84. The van der Waals surface area contributed by atoms with Crippen LogP contribution < -0.4 is 10.2 Å². The van der Waals surface area contributed by atoms with Gasteiger partial charge in [-0.25, -0.2) is 9.97 Å². The number of fused-ring (bicyclic) bond motifs is 1. The molecule has 0 aliphatic carbocycles. The molecule has 25 heavy (non-hydrogen) atoms. The number of aromatic nitrogens is 2. The van der Waals surface area contributed by atoms with Crippen molar-refractivity contribution in [2.75, 3.05) is 36.5 Å². The Bertz CT molecular complexity index is 892. The molecule has 2 heterocycles. The van der Waals surface area contributed by atoms with Gasteiger partial charge in [0.05, 0.1) is 18.7 Å². The van der Waals surface area contributed by atoms with Gasteiger partial charge in [0, 0.05) is 40.5 Å². The van der Waals surface area contributed by atoms with Crippen LogP contribution in [0.4, 0.5) is 17.3 Å². The van der Waals surface area contributed by atoms with E-state index >= 15 is 0 Å². The number of ether oxygens (including phenoxy) is 1. The number of rotatable bonds is 3. The molecule has 6 heteroatoms. The fraction of sp³-hybridized carbons (Fsp3) is 0.263. The third kappa shape index (κ3) is 3.45. The van der Waals surface area contributed by atoms with Gasteiger partial charge in [0.15, 0.2) is 0 Å². The van der Waals surface area contributed by atoms with E-state index in [2.05, 4.69) is 73.4 Å². The van der Waals surface area contributed by atoms with Crippen LogP contribution in [0.3, 0.4) is 0 Å². The van der Waals surface area contributed by atoms with Gasteiger partial charge in [-0.2, -0.15) is 0 Å². The standard InChI is InChI=1S/C19H19BrN4O/c1-13-2-3-14-12-21-19(23-18(14)17(13)20)22-15-4-6-16(7-5-15)24-8-10-25-11-9-24/h2-7,12H,8-11H2,1H3,(H,21,22,23). The highest BCUT2D eigenvalue weighted by Gasteiger charge is 2.11. The van der Waals surface area contributed by atoms with Crippen LogP contribution in [-0.2, 0) is 4.74 Å². The molecule has 0 saturated carbocycles. The van der Waals surface area contributed by atoms with Gasteiger partial charge in [0.1, 0.15) is 0 Å². The van der Waals surface area contributed by atoms with Crippen LogP contribution in [0.15, 0.2) is 47.1 Å². The van der Waals surface area contributed by atoms with Crippen molar-refractivity contribution in [3.63, 3.8) is 0 Å². The molecule has 128 valence electrons. The van der Waals surface area contributed by atoms with Crippen molar-refractivity contribution in [1.82, 2.24) is 9.97 Å². The fourth-order valence-electron chi connectivity index (χ4n) is 2.93. The van der Waals surface area contributed by atoms with Gasteiger partial charge >= 0.3 is 0 Å². The highest BCUT2D eigenvalue weighted by Crippen LogP contribution is 2.27. The van der Waals surface area contributed by atoms with Crippen molar-refractivity contribution >= 4 is 44.2 Å². The first-order valence-electron chi connectivity index (χ1n) is 8.32. The van der Waals surface area contributed by atoms with Crippen molar-refractivity contribution in [2.45, 2.75) is 6.92 Å². The van der Waals surface area contributed by atoms with Crippen molar-refractivity contribution in [3.05, 3.63) is 52.6 Å². The first-order valence-corrected chi connectivity index (χ1v) is 9.12. The fourth-order valence-corrected chi connectivity index (χ4v) is 3.38. The minimum Gasteiger partial charge on any atom is -0.378 e. The Morgan fingerprint density at radius 2 is 1.84 bits per heavy atom. The highest BCUT2D eigenvalue weighted by molar-refractivity contribution is 9.10. The topological polar surface area (TPSA) is 50.3 Å². The van der Waals surface area contributed by atoms with E-state index < -0.39 is 0 Å². The second-order valence-electron chi connectivity index (χ2n) is 6.10. The minimum atomic E-state index is 0.595. The first kappa shape index (κ1) is 16.3. The lowest BCUT2D eigenvalue weighted by atomic mass is 10.2. The van der Waals surface area contributed by atoms with Gasteiger partial charge in [-0.05, 0) is 52.7 Å². The lowest BCUT2D eigenvalue weighted by Gasteiger charge is -2.28. The third-order valence-corrected chi connectivity index (χ3v) is 5.38. The Hall–Kier alpha value is -2.18. The number of morpholine rings is 1. The normalized spacial score (nSPS) is 14.7. The van der Waals surface area contributed by atoms with E-state index in [0.717, 1.165) is 52.9 Å². The molecule has 5 nitrogen and oxygen atoms in total. The molecular weight excluding hydrogens is 380 g/mol. The van der Waals surface area contributed by atoms with Crippen LogP contribution in [0.1, 0.15) is 5.56 Å². The molecule has 0 unspecified atom stereocenters. The van der Waals surface area contributed by atoms with Crippen LogP contribution in [0.2, 0.25) is 0 Å². The number of benzene rings is 2. The van der Waals surface area contributed by atoms with Crippen molar-refractivity contribution < 1.29 is 4.74 Å². The van der Waals surface area contributed by atoms with E-state index in [0.29, 0.717) is 5.95 Å². The third-order valence-electron chi connectivity index (χ3n) is 4.38. The van der Waals surface area contributed by atoms with Crippen molar-refractivity contribution in [2.24, 2.45) is 0 Å². The number of nitrogens with zero attached hydrogens (tertiary/aromatic N) is 3. The Labute approximate surface area is 155 Å². The zero-order valence-electron chi connectivity index (χ0n) is 14.0. The van der Waals surface area contributed by atoms with Crippen LogP contribution >= 0.6 is 15.9 Å². The Kier molecular flexibility index (Phi) is 4.55. The molecule has 0 radical (unpaired) electrons. The molecular formula is C19H19BrN4O. The molecule has 3 aromatic rings. The molecule has 0 amide bonds. The number of hydrogen-bond acceptors (Lipinski definition) is 5. The highest BCUT2D eigenvalue weighted by atomic mass is 79.9. The first-order chi connectivity index (χ1) is 12.2. The molecule has 1 N–H and O–H groups in total. The predicted octanol–water partition coefficient (Wildman–Crippen LogP) is 4.28. The van der Waals surface area contributed by atoms with Gasteiger partial charge in [-0.15, -0.1) is 0 Å². The molecule has 0 bridgehead atoms. The quantitative estimate of drug-likeness (QED) is 0.713. The van der Waals surface area contributed by atoms with Gasteiger partial charge in [0.25, 0.3) is 0 Å². The summed E-state index contributed by atoms with van der Waals surface area (Å²) in [4.78, 5) is 11.4. The smallest absolute Gasteiger partial charge is 0.227 e. The lowest BCUT2D eigenvalue weighted by Crippen LogP contribution is -2.36. The zero-order valence-corrected chi connectivity index (χ0v) is 15.6. The molecule has 2 aromatic carbocycles. The van der Waals surface area contributed by atoms with E-state index in [-0.39, 0.29) is 0 Å². The molecule has 0 atom stereocenters. The maximum Gasteiger partial charge on any atom is 0.227 e. The van der Waals surface area contributed by atoms with Crippen LogP contribution in [0.5, 0.6) is 0 Å². The molecule has 1 aliphatic heterocycles. The van der Waals surface area contributed by atoms with Gasteiger partial charge in [-0.1, -0.05) is 12.1 Å². The van der Waals surface area contributed by atoms with Crippen LogP contribution in [0, 0.1) is 6.92 Å². The summed E-state index contributed by atoms with van der Waals surface area (Å²) in [5.41, 5.74) is 4.27. The van der Waals surface area contributed by atoms with Crippen molar-refractivity contribution in [3.8, 4) is 0 Å². The molecule has 1 saturated heterocycles. The number of anilines is 3. The second kappa shape index (κ2) is 6.98. The van der Waals surface area contributed by atoms with E-state index in [1.807, 2.05) is 12.3 Å². The van der Waals surface area contributed by atoms with E-state index in [4.69, 9.17) is 4.74 Å². The molecule has 0 spiro atoms. The molecule has 4 rings (SSSR count). The number of aryl methyl sites for hydroxylation is 1. The maximum absolute atomic E-state index is 5.40. The molecule has 1 aliphatic rings. The number of halogens is 1. The van der Waals surface area contributed by atoms with Crippen LogP contribution in [-0.4, -0.2) is 36.3 Å². The Balaban J connectivity index is 1.55. The van der Waals surface area contributed by atoms with Crippen LogP contribution in [0.25, 0.3) is 10.9 Å². The summed E-state index contributed by atoms with van der Waals surface area (Å²) in [6.45, 7) is 5.52. The van der Waals surface area contributed by atoms with Gasteiger partial charge in [-0.3, -0.25) is 0 Å².